The molecule has 4 aromatic rings. The first-order valence-corrected chi connectivity index (χ1v) is 8.83. The van der Waals surface area contributed by atoms with Crippen molar-refractivity contribution < 1.29 is 0 Å². The van der Waals surface area contributed by atoms with Gasteiger partial charge in [0.1, 0.15) is 6.33 Å². The fraction of sp³-hybridized carbons (Fsp3) is 0.100. The third kappa shape index (κ3) is 3.80. The SMILES string of the molecule is O=c1c2nnn(Cc3ccc(Cl)cc3)c2ncn1CC=Cc1ccccc1. The normalized spacial score (nSPS) is 11.4. The van der Waals surface area contributed by atoms with Gasteiger partial charge in [0.05, 0.1) is 6.54 Å². The Morgan fingerprint density at radius 1 is 1.04 bits per heavy atom. The number of fused-ring (bicyclic) bond motifs is 1. The average Bonchev–Trinajstić information content (AvgIpc) is 3.10. The number of aromatic nitrogens is 5. The maximum Gasteiger partial charge on any atom is 0.283 e. The van der Waals surface area contributed by atoms with E-state index in [1.54, 1.807) is 4.68 Å². The van der Waals surface area contributed by atoms with Crippen molar-refractivity contribution >= 4 is 28.8 Å². The zero-order valence-corrected chi connectivity index (χ0v) is 15.1. The molecule has 6 nitrogen and oxygen atoms in total. The number of rotatable bonds is 5. The van der Waals surface area contributed by atoms with Crippen LogP contribution < -0.4 is 5.56 Å². The van der Waals surface area contributed by atoms with Gasteiger partial charge in [0.2, 0.25) is 0 Å². The van der Waals surface area contributed by atoms with Crippen LogP contribution in [0.15, 0.2) is 71.8 Å². The number of hydrogen-bond acceptors (Lipinski definition) is 4. The molecule has 2 aromatic carbocycles. The van der Waals surface area contributed by atoms with Gasteiger partial charge in [0, 0.05) is 11.6 Å². The van der Waals surface area contributed by atoms with Crippen LogP contribution in [0, 0.1) is 0 Å². The molecule has 0 aliphatic rings. The Bertz CT molecular complexity index is 1150. The minimum absolute atomic E-state index is 0.208. The number of nitrogens with zero attached hydrogens (tertiary/aromatic N) is 5. The molecule has 0 bridgehead atoms. The van der Waals surface area contributed by atoms with Gasteiger partial charge in [-0.25, -0.2) is 9.67 Å². The molecule has 0 amide bonds. The van der Waals surface area contributed by atoms with Gasteiger partial charge in [0.25, 0.3) is 5.56 Å². The van der Waals surface area contributed by atoms with Crippen molar-refractivity contribution in [3.8, 4) is 0 Å². The van der Waals surface area contributed by atoms with E-state index >= 15 is 0 Å². The lowest BCUT2D eigenvalue weighted by Gasteiger charge is -2.04. The van der Waals surface area contributed by atoms with Crippen molar-refractivity contribution in [2.24, 2.45) is 0 Å². The van der Waals surface area contributed by atoms with Crippen molar-refractivity contribution in [1.29, 1.82) is 0 Å². The lowest BCUT2D eigenvalue weighted by molar-refractivity contribution is 0.663. The first kappa shape index (κ1) is 17.2. The monoisotopic (exact) mass is 377 g/mol. The van der Waals surface area contributed by atoms with Gasteiger partial charge in [-0.3, -0.25) is 9.36 Å². The fourth-order valence-electron chi connectivity index (χ4n) is 2.75. The van der Waals surface area contributed by atoms with Crippen LogP contribution in [-0.2, 0) is 13.1 Å². The molecule has 134 valence electrons. The van der Waals surface area contributed by atoms with E-state index in [1.807, 2.05) is 66.7 Å². The second kappa shape index (κ2) is 7.55. The van der Waals surface area contributed by atoms with E-state index in [9.17, 15) is 4.79 Å². The minimum atomic E-state index is -0.208. The zero-order chi connectivity index (χ0) is 18.6. The van der Waals surface area contributed by atoms with Crippen LogP contribution in [0.1, 0.15) is 11.1 Å². The van der Waals surface area contributed by atoms with E-state index < -0.39 is 0 Å². The largest absolute Gasteiger partial charge is 0.293 e. The number of halogens is 1. The second-order valence-electron chi connectivity index (χ2n) is 6.06. The third-order valence-corrected chi connectivity index (χ3v) is 4.40. The molecule has 0 aliphatic carbocycles. The molecule has 0 aliphatic heterocycles. The summed E-state index contributed by atoms with van der Waals surface area (Å²) in [5.74, 6) is 0. The van der Waals surface area contributed by atoms with E-state index in [0.717, 1.165) is 11.1 Å². The fourth-order valence-corrected chi connectivity index (χ4v) is 2.88. The lowest BCUT2D eigenvalue weighted by Crippen LogP contribution is -2.20. The maximum atomic E-state index is 12.6. The van der Waals surface area contributed by atoms with Crippen molar-refractivity contribution in [3.63, 3.8) is 0 Å². The Hall–Kier alpha value is -3.25. The topological polar surface area (TPSA) is 65.6 Å². The highest BCUT2D eigenvalue weighted by Gasteiger charge is 2.11. The van der Waals surface area contributed by atoms with Crippen molar-refractivity contribution in [3.05, 3.63) is 93.5 Å². The average molecular weight is 378 g/mol. The quantitative estimate of drug-likeness (QED) is 0.534. The standard InChI is InChI=1S/C20H16ClN5O/c21-17-10-8-16(9-11-17)13-26-19-18(23-24-26)20(27)25(14-22-19)12-4-7-15-5-2-1-3-6-15/h1-11,14H,12-13H2. The van der Waals surface area contributed by atoms with Crippen LogP contribution in [0.5, 0.6) is 0 Å². The van der Waals surface area contributed by atoms with Crippen molar-refractivity contribution in [1.82, 2.24) is 24.5 Å². The molecule has 0 fully saturated rings. The lowest BCUT2D eigenvalue weighted by atomic mass is 10.2. The summed E-state index contributed by atoms with van der Waals surface area (Å²) < 4.78 is 3.13. The predicted molar refractivity (Wildman–Crippen MR) is 106 cm³/mol. The molecule has 0 radical (unpaired) electrons. The number of allylic oxidation sites excluding steroid dienone is 1. The molecule has 0 saturated heterocycles. The molecular weight excluding hydrogens is 362 g/mol. The minimum Gasteiger partial charge on any atom is -0.293 e. The van der Waals surface area contributed by atoms with E-state index in [4.69, 9.17) is 11.6 Å². The molecule has 0 saturated carbocycles. The highest BCUT2D eigenvalue weighted by atomic mass is 35.5. The summed E-state index contributed by atoms with van der Waals surface area (Å²) in [6.45, 7) is 0.888. The maximum absolute atomic E-state index is 12.6. The molecule has 0 unspecified atom stereocenters. The van der Waals surface area contributed by atoms with E-state index in [2.05, 4.69) is 15.3 Å². The first-order chi connectivity index (χ1) is 13.2. The van der Waals surface area contributed by atoms with Crippen LogP contribution in [0.2, 0.25) is 5.02 Å². The van der Waals surface area contributed by atoms with E-state index in [-0.39, 0.29) is 11.1 Å². The van der Waals surface area contributed by atoms with Crippen LogP contribution in [0.3, 0.4) is 0 Å². The molecule has 2 heterocycles. The molecule has 4 rings (SSSR count). The Morgan fingerprint density at radius 3 is 2.59 bits per heavy atom. The van der Waals surface area contributed by atoms with Gasteiger partial charge in [-0.05, 0) is 23.3 Å². The van der Waals surface area contributed by atoms with Crippen molar-refractivity contribution in [2.75, 3.05) is 0 Å². The Balaban J connectivity index is 1.57. The summed E-state index contributed by atoms with van der Waals surface area (Å²) in [6, 6.07) is 17.4. The van der Waals surface area contributed by atoms with Crippen LogP contribution in [0.25, 0.3) is 17.2 Å². The van der Waals surface area contributed by atoms with Gasteiger partial charge in [-0.1, -0.05) is 71.4 Å². The summed E-state index contributed by atoms with van der Waals surface area (Å²) in [7, 11) is 0. The Kier molecular flexibility index (Phi) is 4.80. The van der Waals surface area contributed by atoms with Gasteiger partial charge in [-0.2, -0.15) is 0 Å². The van der Waals surface area contributed by atoms with Gasteiger partial charge < -0.3 is 0 Å². The predicted octanol–water partition coefficient (Wildman–Crippen LogP) is 3.40. The Morgan fingerprint density at radius 2 is 1.81 bits per heavy atom. The highest BCUT2D eigenvalue weighted by Crippen LogP contribution is 2.12. The summed E-state index contributed by atoms with van der Waals surface area (Å²) >= 11 is 5.91. The molecule has 2 aromatic heterocycles. The third-order valence-electron chi connectivity index (χ3n) is 4.15. The molecular formula is C20H16ClN5O. The smallest absolute Gasteiger partial charge is 0.283 e. The summed E-state index contributed by atoms with van der Waals surface area (Å²) in [4.78, 5) is 17.0. The van der Waals surface area contributed by atoms with Gasteiger partial charge in [-0.15, -0.1) is 5.10 Å². The van der Waals surface area contributed by atoms with Crippen LogP contribution in [0.4, 0.5) is 0 Å². The molecule has 0 spiro atoms. The van der Waals surface area contributed by atoms with Gasteiger partial charge >= 0.3 is 0 Å². The molecule has 27 heavy (non-hydrogen) atoms. The van der Waals surface area contributed by atoms with Crippen molar-refractivity contribution in [2.45, 2.75) is 13.1 Å². The molecule has 0 atom stereocenters. The first-order valence-electron chi connectivity index (χ1n) is 8.45. The van der Waals surface area contributed by atoms with Crippen LogP contribution in [-0.4, -0.2) is 24.5 Å². The van der Waals surface area contributed by atoms with E-state index in [0.29, 0.717) is 23.8 Å². The zero-order valence-electron chi connectivity index (χ0n) is 14.4. The highest BCUT2D eigenvalue weighted by molar-refractivity contribution is 6.30. The molecule has 0 N–H and O–H groups in total. The summed E-state index contributed by atoms with van der Waals surface area (Å²) in [6.07, 6.45) is 5.41. The molecule has 7 heteroatoms. The van der Waals surface area contributed by atoms with E-state index in [1.165, 1.54) is 10.9 Å². The van der Waals surface area contributed by atoms with Crippen LogP contribution >= 0.6 is 11.6 Å². The number of benzene rings is 2. The Labute approximate surface area is 160 Å². The number of hydrogen-bond donors (Lipinski definition) is 0. The van der Waals surface area contributed by atoms with Gasteiger partial charge in [0.15, 0.2) is 11.2 Å². The summed E-state index contributed by atoms with van der Waals surface area (Å²) in [5, 5.41) is 8.78. The summed E-state index contributed by atoms with van der Waals surface area (Å²) in [5.41, 5.74) is 2.61. The second-order valence-corrected chi connectivity index (χ2v) is 6.50.